The minimum atomic E-state index is -1.11. The standard InChI is InChI=1S/C21H23N3O3/c1-21(22,15-9-3-2-4-10-15)20(27)23-13-7-8-14-24-18(25)16-11-5-6-12-17(16)19(24)26/h2-6,9-12H,7-8,13-14,22H2,1H3,(H,23,27). The maximum Gasteiger partial charge on any atom is 0.261 e. The number of carbonyl (C=O) groups excluding carboxylic acids is 3. The highest BCUT2D eigenvalue weighted by molar-refractivity contribution is 6.21. The van der Waals surface area contributed by atoms with Gasteiger partial charge < -0.3 is 11.1 Å². The van der Waals surface area contributed by atoms with Crippen molar-refractivity contribution in [2.45, 2.75) is 25.3 Å². The first kappa shape index (κ1) is 18.8. The van der Waals surface area contributed by atoms with Crippen LogP contribution in [0, 0.1) is 0 Å². The fourth-order valence-corrected chi connectivity index (χ4v) is 3.14. The summed E-state index contributed by atoms with van der Waals surface area (Å²) in [5.74, 6) is -0.758. The number of amides is 3. The van der Waals surface area contributed by atoms with Gasteiger partial charge >= 0.3 is 0 Å². The molecule has 0 fully saturated rings. The number of nitrogens with one attached hydrogen (secondary N) is 1. The average molecular weight is 365 g/mol. The lowest BCUT2D eigenvalue weighted by Crippen LogP contribution is -2.49. The molecular formula is C21H23N3O3. The van der Waals surface area contributed by atoms with Gasteiger partial charge in [-0.05, 0) is 37.5 Å². The van der Waals surface area contributed by atoms with E-state index in [4.69, 9.17) is 5.73 Å². The van der Waals surface area contributed by atoms with Crippen LogP contribution in [-0.4, -0.2) is 35.7 Å². The van der Waals surface area contributed by atoms with E-state index in [1.54, 1.807) is 31.2 Å². The Bertz CT molecular complexity index is 827. The number of hydrogen-bond acceptors (Lipinski definition) is 4. The van der Waals surface area contributed by atoms with Crippen molar-refractivity contribution < 1.29 is 14.4 Å². The lowest BCUT2D eigenvalue weighted by molar-refractivity contribution is -0.126. The molecule has 0 saturated carbocycles. The zero-order valence-corrected chi connectivity index (χ0v) is 15.3. The maximum absolute atomic E-state index is 12.4. The van der Waals surface area contributed by atoms with Crippen molar-refractivity contribution in [3.05, 3.63) is 71.3 Å². The second-order valence-corrected chi connectivity index (χ2v) is 6.84. The average Bonchev–Trinajstić information content (AvgIpc) is 2.93. The number of benzene rings is 2. The van der Waals surface area contributed by atoms with Crippen LogP contribution in [0.2, 0.25) is 0 Å². The molecule has 2 aromatic rings. The molecule has 1 aliphatic rings. The van der Waals surface area contributed by atoms with Gasteiger partial charge in [0.25, 0.3) is 11.8 Å². The van der Waals surface area contributed by atoms with Gasteiger partial charge in [0, 0.05) is 13.1 Å². The molecule has 1 unspecified atom stereocenters. The summed E-state index contributed by atoms with van der Waals surface area (Å²) in [7, 11) is 0. The highest BCUT2D eigenvalue weighted by Crippen LogP contribution is 2.22. The molecule has 0 aliphatic carbocycles. The number of nitrogens with two attached hydrogens (primary N) is 1. The zero-order valence-electron chi connectivity index (χ0n) is 15.3. The summed E-state index contributed by atoms with van der Waals surface area (Å²) in [6.45, 7) is 2.44. The van der Waals surface area contributed by atoms with Crippen LogP contribution >= 0.6 is 0 Å². The zero-order chi connectivity index (χ0) is 19.4. The van der Waals surface area contributed by atoms with E-state index in [1.165, 1.54) is 4.90 Å². The predicted molar refractivity (Wildman–Crippen MR) is 102 cm³/mol. The van der Waals surface area contributed by atoms with Crippen LogP contribution in [0.1, 0.15) is 46.0 Å². The highest BCUT2D eigenvalue weighted by atomic mass is 16.2. The Labute approximate surface area is 158 Å². The molecule has 2 aromatic carbocycles. The molecule has 140 valence electrons. The number of nitrogens with zero attached hydrogens (tertiary/aromatic N) is 1. The Balaban J connectivity index is 1.46. The van der Waals surface area contributed by atoms with Gasteiger partial charge in [0.2, 0.25) is 5.91 Å². The van der Waals surface area contributed by atoms with Crippen LogP contribution in [0.5, 0.6) is 0 Å². The second kappa shape index (κ2) is 7.72. The molecule has 1 atom stereocenters. The molecule has 0 saturated heterocycles. The molecule has 0 radical (unpaired) electrons. The van der Waals surface area contributed by atoms with Gasteiger partial charge in [-0.2, -0.15) is 0 Å². The first-order valence-corrected chi connectivity index (χ1v) is 9.01. The van der Waals surface area contributed by atoms with Crippen molar-refractivity contribution in [2.75, 3.05) is 13.1 Å². The summed E-state index contributed by atoms with van der Waals surface area (Å²) < 4.78 is 0. The van der Waals surface area contributed by atoms with Gasteiger partial charge in [0.15, 0.2) is 0 Å². The van der Waals surface area contributed by atoms with Gasteiger partial charge in [0.05, 0.1) is 11.1 Å². The van der Waals surface area contributed by atoms with Gasteiger partial charge in [-0.1, -0.05) is 42.5 Å². The second-order valence-electron chi connectivity index (χ2n) is 6.84. The molecular weight excluding hydrogens is 342 g/mol. The first-order valence-electron chi connectivity index (χ1n) is 9.01. The third-order valence-corrected chi connectivity index (χ3v) is 4.82. The highest BCUT2D eigenvalue weighted by Gasteiger charge is 2.34. The van der Waals surface area contributed by atoms with Crippen LogP contribution < -0.4 is 11.1 Å². The molecule has 27 heavy (non-hydrogen) atoms. The van der Waals surface area contributed by atoms with E-state index in [2.05, 4.69) is 5.32 Å². The van der Waals surface area contributed by atoms with E-state index in [0.717, 1.165) is 5.56 Å². The van der Waals surface area contributed by atoms with Crippen molar-refractivity contribution in [3.63, 3.8) is 0 Å². The van der Waals surface area contributed by atoms with Crippen molar-refractivity contribution in [3.8, 4) is 0 Å². The Morgan fingerprint density at radius 1 is 0.963 bits per heavy atom. The molecule has 0 aromatic heterocycles. The first-order chi connectivity index (χ1) is 12.9. The van der Waals surface area contributed by atoms with Crippen LogP contribution in [0.25, 0.3) is 0 Å². The van der Waals surface area contributed by atoms with Crippen molar-refractivity contribution in [1.29, 1.82) is 0 Å². The quantitative estimate of drug-likeness (QED) is 0.580. The largest absolute Gasteiger partial charge is 0.354 e. The van der Waals surface area contributed by atoms with Crippen LogP contribution in [0.3, 0.4) is 0 Å². The topological polar surface area (TPSA) is 92.5 Å². The van der Waals surface area contributed by atoms with Crippen LogP contribution in [0.4, 0.5) is 0 Å². The molecule has 1 heterocycles. The molecule has 6 nitrogen and oxygen atoms in total. The fourth-order valence-electron chi connectivity index (χ4n) is 3.14. The Morgan fingerprint density at radius 3 is 2.11 bits per heavy atom. The smallest absolute Gasteiger partial charge is 0.261 e. The number of fused-ring (bicyclic) bond motifs is 1. The van der Waals surface area contributed by atoms with Crippen molar-refractivity contribution in [2.24, 2.45) is 5.73 Å². The lowest BCUT2D eigenvalue weighted by Gasteiger charge is -2.24. The van der Waals surface area contributed by atoms with Crippen LogP contribution in [-0.2, 0) is 10.3 Å². The number of imide groups is 1. The van der Waals surface area contributed by atoms with Crippen molar-refractivity contribution in [1.82, 2.24) is 10.2 Å². The number of hydrogen-bond donors (Lipinski definition) is 2. The summed E-state index contributed by atoms with van der Waals surface area (Å²) in [6, 6.07) is 16.0. The molecule has 0 bridgehead atoms. The van der Waals surface area contributed by atoms with Crippen LogP contribution in [0.15, 0.2) is 54.6 Å². The third kappa shape index (κ3) is 3.75. The normalized spacial score (nSPS) is 15.4. The van der Waals surface area contributed by atoms with E-state index >= 15 is 0 Å². The summed E-state index contributed by atoms with van der Waals surface area (Å²) in [4.78, 5) is 38.2. The predicted octanol–water partition coefficient (Wildman–Crippen LogP) is 2.05. The Hall–Kier alpha value is -2.99. The third-order valence-electron chi connectivity index (χ3n) is 4.82. The Kier molecular flexibility index (Phi) is 5.37. The van der Waals surface area contributed by atoms with E-state index < -0.39 is 5.54 Å². The molecule has 3 rings (SSSR count). The van der Waals surface area contributed by atoms with Gasteiger partial charge in [-0.15, -0.1) is 0 Å². The molecule has 6 heteroatoms. The number of rotatable bonds is 7. The number of carbonyl (C=O) groups is 3. The minimum absolute atomic E-state index is 0.252. The van der Waals surface area contributed by atoms with E-state index in [0.29, 0.717) is 37.1 Å². The van der Waals surface area contributed by atoms with Gasteiger partial charge in [-0.3, -0.25) is 19.3 Å². The number of unbranched alkanes of at least 4 members (excludes halogenated alkanes) is 1. The summed E-state index contributed by atoms with van der Waals surface area (Å²) in [5, 5.41) is 2.83. The Morgan fingerprint density at radius 2 is 1.52 bits per heavy atom. The monoisotopic (exact) mass is 365 g/mol. The molecule has 1 aliphatic heterocycles. The minimum Gasteiger partial charge on any atom is -0.354 e. The maximum atomic E-state index is 12.4. The molecule has 3 amide bonds. The van der Waals surface area contributed by atoms with E-state index in [-0.39, 0.29) is 17.7 Å². The summed E-state index contributed by atoms with van der Waals surface area (Å²) in [6.07, 6.45) is 1.25. The van der Waals surface area contributed by atoms with E-state index in [1.807, 2.05) is 30.3 Å². The molecule has 3 N–H and O–H groups in total. The van der Waals surface area contributed by atoms with Gasteiger partial charge in [0.1, 0.15) is 5.54 Å². The lowest BCUT2D eigenvalue weighted by atomic mass is 9.92. The molecule has 0 spiro atoms. The SMILES string of the molecule is CC(N)(C(=O)NCCCCN1C(=O)c2ccccc2C1=O)c1ccccc1. The summed E-state index contributed by atoms with van der Waals surface area (Å²) in [5.41, 5.74) is 6.72. The summed E-state index contributed by atoms with van der Waals surface area (Å²) >= 11 is 0. The van der Waals surface area contributed by atoms with E-state index in [9.17, 15) is 14.4 Å². The van der Waals surface area contributed by atoms with Gasteiger partial charge in [-0.25, -0.2) is 0 Å². The van der Waals surface area contributed by atoms with Crippen molar-refractivity contribution >= 4 is 17.7 Å². The fraction of sp³-hybridized carbons (Fsp3) is 0.286.